The van der Waals surface area contributed by atoms with E-state index in [1.807, 2.05) is 24.3 Å². The number of amides is 1. The number of esters is 1. The molecule has 2 aliphatic heterocycles. The Hall–Kier alpha value is -4.33. The molecule has 2 heterocycles. The quantitative estimate of drug-likeness (QED) is 0.467. The SMILES string of the molecule is CC(=O)c1cc2c(cc1NC(=O)COC(=O)C1c3ccccc3Oc3ccccc31)OCO2. The monoisotopic (exact) mass is 445 g/mol. The van der Waals surface area contributed by atoms with Crippen LogP contribution in [0.4, 0.5) is 5.69 Å². The fourth-order valence-electron chi connectivity index (χ4n) is 3.91. The zero-order chi connectivity index (χ0) is 22.9. The molecule has 8 nitrogen and oxygen atoms in total. The zero-order valence-electron chi connectivity index (χ0n) is 17.6. The number of Topliss-reactive ketones (excluding diaryl/α,β-unsaturated/α-hetero) is 1. The molecule has 0 aromatic heterocycles. The van der Waals surface area contributed by atoms with Gasteiger partial charge in [-0.1, -0.05) is 36.4 Å². The predicted octanol–water partition coefficient (Wildman–Crippen LogP) is 4.04. The van der Waals surface area contributed by atoms with E-state index in [9.17, 15) is 14.4 Å². The largest absolute Gasteiger partial charge is 0.457 e. The summed E-state index contributed by atoms with van der Waals surface area (Å²) >= 11 is 0. The lowest BCUT2D eigenvalue weighted by molar-refractivity contribution is -0.148. The van der Waals surface area contributed by atoms with Crippen molar-refractivity contribution >= 4 is 23.3 Å². The second kappa shape index (κ2) is 8.31. The number of para-hydroxylation sites is 2. The van der Waals surface area contributed by atoms with E-state index >= 15 is 0 Å². The van der Waals surface area contributed by atoms with Gasteiger partial charge in [-0.25, -0.2) is 0 Å². The van der Waals surface area contributed by atoms with Crippen LogP contribution < -0.4 is 19.5 Å². The normalized spacial score (nSPS) is 13.4. The number of nitrogens with one attached hydrogen (secondary N) is 1. The third kappa shape index (κ3) is 3.87. The lowest BCUT2D eigenvalue weighted by Crippen LogP contribution is -2.26. The van der Waals surface area contributed by atoms with Crippen molar-refractivity contribution in [3.05, 3.63) is 77.4 Å². The van der Waals surface area contributed by atoms with Crippen molar-refractivity contribution in [3.8, 4) is 23.0 Å². The number of carbonyl (C=O) groups is 3. The molecule has 2 aliphatic rings. The first-order valence-electron chi connectivity index (χ1n) is 10.3. The Labute approximate surface area is 189 Å². The van der Waals surface area contributed by atoms with Crippen LogP contribution >= 0.6 is 0 Å². The molecular weight excluding hydrogens is 426 g/mol. The van der Waals surface area contributed by atoms with Gasteiger partial charge in [-0.15, -0.1) is 0 Å². The molecule has 0 aliphatic carbocycles. The Morgan fingerprint density at radius 3 is 2.15 bits per heavy atom. The molecule has 0 atom stereocenters. The van der Waals surface area contributed by atoms with E-state index in [0.717, 1.165) is 0 Å². The van der Waals surface area contributed by atoms with E-state index in [-0.39, 0.29) is 23.8 Å². The number of ketones is 1. The van der Waals surface area contributed by atoms with Crippen molar-refractivity contribution < 1.29 is 33.3 Å². The molecule has 0 unspecified atom stereocenters. The second-order valence-corrected chi connectivity index (χ2v) is 7.57. The van der Waals surface area contributed by atoms with Crippen LogP contribution in [0, 0.1) is 0 Å². The van der Waals surface area contributed by atoms with E-state index in [4.69, 9.17) is 18.9 Å². The van der Waals surface area contributed by atoms with Gasteiger partial charge in [-0.3, -0.25) is 14.4 Å². The maximum atomic E-state index is 13.1. The summed E-state index contributed by atoms with van der Waals surface area (Å²) in [5.41, 5.74) is 1.85. The standard InChI is InChI=1S/C25H19NO7/c1-14(27)17-10-21-22(32-13-31-21)11-18(17)26-23(28)12-30-25(29)24-15-6-2-4-8-19(15)33-20-9-5-3-7-16(20)24/h2-11,24H,12-13H2,1H3,(H,26,28). The van der Waals surface area contributed by atoms with Crippen molar-refractivity contribution in [2.75, 3.05) is 18.7 Å². The summed E-state index contributed by atoms with van der Waals surface area (Å²) in [5.74, 6) is -0.162. The maximum absolute atomic E-state index is 13.1. The van der Waals surface area contributed by atoms with Gasteiger partial charge in [0.2, 0.25) is 6.79 Å². The Bertz CT molecular complexity index is 1240. The lowest BCUT2D eigenvalue weighted by atomic mass is 9.88. The second-order valence-electron chi connectivity index (χ2n) is 7.57. The van der Waals surface area contributed by atoms with E-state index in [1.165, 1.54) is 19.1 Å². The number of carbonyl (C=O) groups excluding carboxylic acids is 3. The summed E-state index contributed by atoms with van der Waals surface area (Å²) < 4.78 is 21.9. The highest BCUT2D eigenvalue weighted by molar-refractivity contribution is 6.05. The molecule has 0 saturated carbocycles. The van der Waals surface area contributed by atoms with Crippen molar-refractivity contribution in [1.29, 1.82) is 0 Å². The van der Waals surface area contributed by atoms with Gasteiger partial charge < -0.3 is 24.3 Å². The highest BCUT2D eigenvalue weighted by Crippen LogP contribution is 2.44. The van der Waals surface area contributed by atoms with Gasteiger partial charge in [0.15, 0.2) is 23.9 Å². The third-order valence-electron chi connectivity index (χ3n) is 5.43. The molecular formula is C25H19NO7. The molecule has 0 saturated heterocycles. The van der Waals surface area contributed by atoms with Crippen molar-refractivity contribution in [1.82, 2.24) is 0 Å². The van der Waals surface area contributed by atoms with E-state index in [0.29, 0.717) is 34.1 Å². The molecule has 1 N–H and O–H groups in total. The number of hydrogen-bond acceptors (Lipinski definition) is 7. The van der Waals surface area contributed by atoms with Gasteiger partial charge in [0.05, 0.1) is 5.69 Å². The first kappa shape index (κ1) is 20.6. The molecule has 5 rings (SSSR count). The Kier molecular flexibility index (Phi) is 5.18. The minimum atomic E-state index is -0.725. The van der Waals surface area contributed by atoms with Gasteiger partial charge in [0.25, 0.3) is 5.91 Å². The topological polar surface area (TPSA) is 100 Å². The first-order chi connectivity index (χ1) is 16.0. The third-order valence-corrected chi connectivity index (χ3v) is 5.43. The van der Waals surface area contributed by atoms with Gasteiger partial charge >= 0.3 is 5.97 Å². The van der Waals surface area contributed by atoms with Crippen LogP contribution in [-0.4, -0.2) is 31.1 Å². The zero-order valence-corrected chi connectivity index (χ0v) is 17.6. The van der Waals surface area contributed by atoms with E-state index in [2.05, 4.69) is 5.32 Å². The molecule has 166 valence electrons. The summed E-state index contributed by atoms with van der Waals surface area (Å²) in [5, 5.41) is 2.62. The average Bonchev–Trinajstić information content (AvgIpc) is 3.27. The highest BCUT2D eigenvalue weighted by atomic mass is 16.7. The fourth-order valence-corrected chi connectivity index (χ4v) is 3.91. The number of rotatable bonds is 5. The molecule has 1 amide bonds. The molecule has 33 heavy (non-hydrogen) atoms. The highest BCUT2D eigenvalue weighted by Gasteiger charge is 2.34. The minimum Gasteiger partial charge on any atom is -0.457 e. The van der Waals surface area contributed by atoms with Crippen LogP contribution in [0.2, 0.25) is 0 Å². The van der Waals surface area contributed by atoms with Crippen LogP contribution in [0.3, 0.4) is 0 Å². The summed E-state index contributed by atoms with van der Waals surface area (Å²) in [6.07, 6.45) is 0. The van der Waals surface area contributed by atoms with Crippen molar-refractivity contribution in [2.45, 2.75) is 12.8 Å². The first-order valence-corrected chi connectivity index (χ1v) is 10.3. The predicted molar refractivity (Wildman–Crippen MR) is 117 cm³/mol. The molecule has 0 spiro atoms. The Balaban J connectivity index is 1.33. The average molecular weight is 445 g/mol. The van der Waals surface area contributed by atoms with Gasteiger partial charge in [0.1, 0.15) is 17.4 Å². The molecule has 0 radical (unpaired) electrons. The van der Waals surface area contributed by atoms with Crippen LogP contribution in [0.15, 0.2) is 60.7 Å². The smallest absolute Gasteiger partial charge is 0.318 e. The lowest BCUT2D eigenvalue weighted by Gasteiger charge is -2.26. The van der Waals surface area contributed by atoms with Crippen molar-refractivity contribution in [3.63, 3.8) is 0 Å². The number of hydrogen-bond donors (Lipinski definition) is 1. The van der Waals surface area contributed by atoms with Crippen LogP contribution in [0.25, 0.3) is 0 Å². The number of anilines is 1. The molecule has 0 bridgehead atoms. The summed E-state index contributed by atoms with van der Waals surface area (Å²) in [6.45, 7) is 0.898. The molecule has 0 fully saturated rings. The minimum absolute atomic E-state index is 0.0374. The van der Waals surface area contributed by atoms with Gasteiger partial charge in [-0.2, -0.15) is 0 Å². The summed E-state index contributed by atoms with van der Waals surface area (Å²) in [4.78, 5) is 37.6. The summed E-state index contributed by atoms with van der Waals surface area (Å²) in [7, 11) is 0. The molecule has 3 aromatic carbocycles. The Morgan fingerprint density at radius 1 is 0.909 bits per heavy atom. The maximum Gasteiger partial charge on any atom is 0.318 e. The van der Waals surface area contributed by atoms with Crippen LogP contribution in [0.1, 0.15) is 34.3 Å². The summed E-state index contributed by atoms with van der Waals surface area (Å²) in [6, 6.07) is 17.4. The number of fused-ring (bicyclic) bond motifs is 3. The van der Waals surface area contributed by atoms with Crippen molar-refractivity contribution in [2.24, 2.45) is 0 Å². The van der Waals surface area contributed by atoms with E-state index in [1.54, 1.807) is 24.3 Å². The van der Waals surface area contributed by atoms with Gasteiger partial charge in [-0.05, 0) is 25.1 Å². The fraction of sp³-hybridized carbons (Fsp3) is 0.160. The number of benzene rings is 3. The van der Waals surface area contributed by atoms with Crippen LogP contribution in [-0.2, 0) is 14.3 Å². The molecule has 8 heteroatoms. The van der Waals surface area contributed by atoms with E-state index < -0.39 is 24.4 Å². The number of ether oxygens (including phenoxy) is 4. The Morgan fingerprint density at radius 2 is 1.52 bits per heavy atom. The molecule has 3 aromatic rings. The van der Waals surface area contributed by atoms with Gasteiger partial charge in [0, 0.05) is 22.8 Å². The van der Waals surface area contributed by atoms with Crippen LogP contribution in [0.5, 0.6) is 23.0 Å².